The van der Waals surface area contributed by atoms with Crippen LogP contribution in [0.5, 0.6) is 5.75 Å². The second-order valence-electron chi connectivity index (χ2n) is 7.39. The molecule has 0 fully saturated rings. The van der Waals surface area contributed by atoms with Crippen LogP contribution in [0.25, 0.3) is 17.1 Å². The summed E-state index contributed by atoms with van der Waals surface area (Å²) in [5, 5.41) is 3.10. The molecule has 0 bridgehead atoms. The summed E-state index contributed by atoms with van der Waals surface area (Å²) in [4.78, 5) is 20.8. The number of ether oxygens (including phenoxy) is 1. The molecular weight excluding hydrogens is 398 g/mol. The van der Waals surface area contributed by atoms with Crippen molar-refractivity contribution >= 4 is 23.0 Å². The second-order valence-corrected chi connectivity index (χ2v) is 7.39. The van der Waals surface area contributed by atoms with E-state index >= 15 is 0 Å². The molecule has 160 valence electrons. The number of nitrogens with one attached hydrogen (secondary N) is 2. The van der Waals surface area contributed by atoms with Crippen LogP contribution in [0.3, 0.4) is 0 Å². The molecule has 0 radical (unpaired) electrons. The number of carbonyl (C=O) groups excluding carboxylic acids is 1. The number of benzene rings is 3. The molecule has 0 aliphatic rings. The van der Waals surface area contributed by atoms with Crippen molar-refractivity contribution < 1.29 is 9.53 Å². The van der Waals surface area contributed by atoms with Crippen LogP contribution in [0.4, 0.5) is 0 Å². The van der Waals surface area contributed by atoms with Gasteiger partial charge in [-0.1, -0.05) is 67.3 Å². The van der Waals surface area contributed by atoms with Crippen LogP contribution >= 0.6 is 0 Å². The number of rotatable bonds is 9. The van der Waals surface area contributed by atoms with Crippen molar-refractivity contribution in [2.45, 2.75) is 12.5 Å². The lowest BCUT2D eigenvalue weighted by molar-refractivity contribution is -0.117. The Morgan fingerprint density at radius 3 is 2.53 bits per heavy atom. The number of H-pyrrole nitrogens is 1. The molecule has 1 atom stereocenters. The van der Waals surface area contributed by atoms with Crippen molar-refractivity contribution in [2.24, 2.45) is 0 Å². The zero-order valence-electron chi connectivity index (χ0n) is 17.7. The molecule has 1 amide bonds. The van der Waals surface area contributed by atoms with E-state index in [4.69, 9.17) is 9.72 Å². The van der Waals surface area contributed by atoms with E-state index in [0.717, 1.165) is 33.7 Å². The Morgan fingerprint density at radius 1 is 1.03 bits per heavy atom. The van der Waals surface area contributed by atoms with E-state index in [0.29, 0.717) is 13.0 Å². The average molecular weight is 424 g/mol. The number of amides is 1. The standard InChI is InChI=1S/C27H25N3O2/c1-2-18-32-22-15-12-20(13-16-22)14-17-26(31)28-25(19-21-8-4-3-5-9-21)27-29-23-10-6-7-11-24(23)30-27/h2-17,25H,1,18-19H2,(H,28,31)(H,29,30). The second kappa shape index (κ2) is 10.3. The molecule has 1 heterocycles. The predicted molar refractivity (Wildman–Crippen MR) is 128 cm³/mol. The summed E-state index contributed by atoms with van der Waals surface area (Å²) >= 11 is 0. The van der Waals surface area contributed by atoms with Gasteiger partial charge in [-0.3, -0.25) is 4.79 Å². The molecule has 0 aliphatic carbocycles. The maximum Gasteiger partial charge on any atom is 0.244 e. The number of hydrogen-bond donors (Lipinski definition) is 2. The lowest BCUT2D eigenvalue weighted by Gasteiger charge is -2.16. The molecule has 4 rings (SSSR count). The third kappa shape index (κ3) is 5.52. The molecule has 3 aromatic carbocycles. The van der Waals surface area contributed by atoms with Crippen LogP contribution in [-0.2, 0) is 11.2 Å². The van der Waals surface area contributed by atoms with Crippen molar-refractivity contribution in [3.8, 4) is 5.75 Å². The van der Waals surface area contributed by atoms with Crippen molar-refractivity contribution in [3.05, 3.63) is 115 Å². The van der Waals surface area contributed by atoms with Gasteiger partial charge in [-0.25, -0.2) is 4.98 Å². The summed E-state index contributed by atoms with van der Waals surface area (Å²) in [7, 11) is 0. The Bertz CT molecular complexity index is 1180. The normalized spacial score (nSPS) is 12.0. The van der Waals surface area contributed by atoms with Crippen molar-refractivity contribution in [1.82, 2.24) is 15.3 Å². The Hall–Kier alpha value is -4.12. The molecule has 32 heavy (non-hydrogen) atoms. The van der Waals surface area contributed by atoms with Gasteiger partial charge in [0.25, 0.3) is 0 Å². The molecule has 5 heteroatoms. The van der Waals surface area contributed by atoms with Crippen LogP contribution in [0.1, 0.15) is 23.0 Å². The highest BCUT2D eigenvalue weighted by molar-refractivity contribution is 5.92. The Labute approximate surface area is 187 Å². The molecular formula is C27H25N3O2. The van der Waals surface area contributed by atoms with E-state index in [-0.39, 0.29) is 11.9 Å². The third-order valence-electron chi connectivity index (χ3n) is 5.01. The van der Waals surface area contributed by atoms with Gasteiger partial charge in [0, 0.05) is 6.08 Å². The van der Waals surface area contributed by atoms with Crippen molar-refractivity contribution in [1.29, 1.82) is 0 Å². The minimum Gasteiger partial charge on any atom is -0.490 e. The highest BCUT2D eigenvalue weighted by atomic mass is 16.5. The maximum atomic E-state index is 12.7. The predicted octanol–water partition coefficient (Wildman–Crippen LogP) is 5.24. The molecule has 1 aromatic heterocycles. The summed E-state index contributed by atoms with van der Waals surface area (Å²) in [5.41, 5.74) is 3.86. The van der Waals surface area contributed by atoms with Gasteiger partial charge in [0.2, 0.25) is 5.91 Å². The molecule has 0 spiro atoms. The van der Waals surface area contributed by atoms with Crippen LogP contribution in [0.15, 0.2) is 97.6 Å². The number of imidazole rings is 1. The quantitative estimate of drug-likeness (QED) is 0.286. The van der Waals surface area contributed by atoms with E-state index in [9.17, 15) is 4.79 Å². The zero-order chi connectivity index (χ0) is 22.2. The average Bonchev–Trinajstić information content (AvgIpc) is 3.27. The van der Waals surface area contributed by atoms with Crippen molar-refractivity contribution in [3.63, 3.8) is 0 Å². The fourth-order valence-corrected chi connectivity index (χ4v) is 3.43. The first-order valence-electron chi connectivity index (χ1n) is 10.5. The van der Waals surface area contributed by atoms with Gasteiger partial charge in [0.1, 0.15) is 18.2 Å². The summed E-state index contributed by atoms with van der Waals surface area (Å²) < 4.78 is 5.49. The third-order valence-corrected chi connectivity index (χ3v) is 5.01. The molecule has 5 nitrogen and oxygen atoms in total. The first-order valence-corrected chi connectivity index (χ1v) is 10.5. The minimum absolute atomic E-state index is 0.182. The van der Waals surface area contributed by atoms with E-state index in [1.165, 1.54) is 0 Å². The van der Waals surface area contributed by atoms with Gasteiger partial charge < -0.3 is 15.0 Å². The fraction of sp³-hybridized carbons (Fsp3) is 0.111. The van der Waals surface area contributed by atoms with Crippen LogP contribution in [0.2, 0.25) is 0 Å². The van der Waals surface area contributed by atoms with Gasteiger partial charge in [0.05, 0.1) is 17.1 Å². The highest BCUT2D eigenvalue weighted by Gasteiger charge is 2.18. The number of hydrogen-bond acceptors (Lipinski definition) is 3. The number of aromatic amines is 1. The summed E-state index contributed by atoms with van der Waals surface area (Å²) in [6, 6.07) is 25.2. The van der Waals surface area contributed by atoms with Gasteiger partial charge in [-0.15, -0.1) is 0 Å². The molecule has 0 saturated carbocycles. The topological polar surface area (TPSA) is 67.0 Å². The number of aromatic nitrogens is 2. The number of nitrogens with zero attached hydrogens (tertiary/aromatic N) is 1. The monoisotopic (exact) mass is 423 g/mol. The Kier molecular flexibility index (Phi) is 6.78. The molecule has 0 saturated heterocycles. The Morgan fingerprint density at radius 2 is 1.78 bits per heavy atom. The van der Waals surface area contributed by atoms with Gasteiger partial charge in [-0.2, -0.15) is 0 Å². The number of fused-ring (bicyclic) bond motifs is 1. The summed E-state index contributed by atoms with van der Waals surface area (Å²) in [6.45, 7) is 4.10. The zero-order valence-corrected chi connectivity index (χ0v) is 17.7. The SMILES string of the molecule is C=CCOc1ccc(C=CC(=O)NC(Cc2ccccc2)c2nc3ccccc3[nH]2)cc1. The van der Waals surface area contributed by atoms with E-state index in [1.807, 2.05) is 78.9 Å². The van der Waals surface area contributed by atoms with E-state index in [1.54, 1.807) is 18.2 Å². The lowest BCUT2D eigenvalue weighted by atomic mass is 10.1. The molecule has 0 aliphatic heterocycles. The summed E-state index contributed by atoms with van der Waals surface area (Å²) in [5.74, 6) is 1.32. The van der Waals surface area contributed by atoms with Crippen LogP contribution < -0.4 is 10.1 Å². The molecule has 1 unspecified atom stereocenters. The molecule has 2 N–H and O–H groups in total. The largest absolute Gasteiger partial charge is 0.490 e. The van der Waals surface area contributed by atoms with E-state index in [2.05, 4.69) is 16.9 Å². The van der Waals surface area contributed by atoms with Gasteiger partial charge in [0.15, 0.2) is 0 Å². The van der Waals surface area contributed by atoms with E-state index < -0.39 is 0 Å². The van der Waals surface area contributed by atoms with Gasteiger partial charge >= 0.3 is 0 Å². The first-order chi connectivity index (χ1) is 15.7. The fourth-order valence-electron chi connectivity index (χ4n) is 3.43. The minimum atomic E-state index is -0.281. The number of para-hydroxylation sites is 2. The Balaban J connectivity index is 1.49. The maximum absolute atomic E-state index is 12.7. The van der Waals surface area contributed by atoms with Gasteiger partial charge in [-0.05, 0) is 47.9 Å². The van der Waals surface area contributed by atoms with Crippen molar-refractivity contribution in [2.75, 3.05) is 6.61 Å². The van der Waals surface area contributed by atoms with Crippen LogP contribution in [0, 0.1) is 0 Å². The smallest absolute Gasteiger partial charge is 0.244 e. The summed E-state index contributed by atoms with van der Waals surface area (Å²) in [6.07, 6.45) is 5.66. The van der Waals surface area contributed by atoms with Crippen LogP contribution in [-0.4, -0.2) is 22.5 Å². The number of carbonyl (C=O) groups is 1. The lowest BCUT2D eigenvalue weighted by Crippen LogP contribution is -2.29. The molecule has 4 aromatic rings. The first kappa shape index (κ1) is 21.1. The highest BCUT2D eigenvalue weighted by Crippen LogP contribution is 2.20.